The molecule has 200 valence electrons. The standard InChI is InChI=1S/C30H42N4O3/c1-5-25(36)24-15-30-16-26(30)34(24)27(37)17-33-29-21(11-9-7-6-8-10-12-31-18-30)13-22(19(2)3)14-23(29)28(32-33)20(4)35/h13-14,19,24,26,31H,5-12,15-18H2,1-4H3/t24-,26+,30-/m0/s1. The van der Waals surface area contributed by atoms with Gasteiger partial charge in [0.15, 0.2) is 11.6 Å². The fourth-order valence-corrected chi connectivity index (χ4v) is 6.72. The minimum absolute atomic E-state index is 0.0210. The average Bonchev–Trinajstić information content (AvgIpc) is 3.27. The summed E-state index contributed by atoms with van der Waals surface area (Å²) < 4.78 is 1.76. The second kappa shape index (κ2) is 10.3. The first-order valence-electron chi connectivity index (χ1n) is 14.3. The Labute approximate surface area is 220 Å². The summed E-state index contributed by atoms with van der Waals surface area (Å²) >= 11 is 0. The summed E-state index contributed by atoms with van der Waals surface area (Å²) in [4.78, 5) is 41.4. The molecular formula is C30H42N4O3. The molecule has 37 heavy (non-hydrogen) atoms. The smallest absolute Gasteiger partial charge is 0.245 e. The Hall–Kier alpha value is -2.54. The van der Waals surface area contributed by atoms with E-state index in [0.29, 0.717) is 18.0 Å². The van der Waals surface area contributed by atoms with E-state index in [9.17, 15) is 14.4 Å². The first-order chi connectivity index (χ1) is 17.8. The number of carbonyl (C=O) groups excluding carboxylic acids is 3. The van der Waals surface area contributed by atoms with Crippen LogP contribution in [0.2, 0.25) is 0 Å². The monoisotopic (exact) mass is 506 g/mol. The van der Waals surface area contributed by atoms with Gasteiger partial charge in [-0.15, -0.1) is 0 Å². The molecule has 3 aliphatic rings. The molecule has 1 N–H and O–H groups in total. The van der Waals surface area contributed by atoms with Gasteiger partial charge in [-0.2, -0.15) is 5.10 Å². The lowest BCUT2D eigenvalue weighted by molar-refractivity contribution is -0.139. The van der Waals surface area contributed by atoms with Crippen molar-refractivity contribution in [2.75, 3.05) is 13.1 Å². The van der Waals surface area contributed by atoms with Crippen LogP contribution in [0.5, 0.6) is 0 Å². The molecule has 3 heterocycles. The van der Waals surface area contributed by atoms with Crippen LogP contribution in [0.4, 0.5) is 0 Å². The van der Waals surface area contributed by atoms with E-state index in [4.69, 9.17) is 5.10 Å². The maximum atomic E-state index is 13.9. The van der Waals surface area contributed by atoms with E-state index >= 15 is 0 Å². The first kappa shape index (κ1) is 26.1. The second-order valence-electron chi connectivity index (χ2n) is 11.9. The maximum Gasteiger partial charge on any atom is 0.245 e. The first-order valence-corrected chi connectivity index (χ1v) is 14.3. The summed E-state index contributed by atoms with van der Waals surface area (Å²) in [5.41, 5.74) is 3.74. The molecule has 1 aromatic heterocycles. The molecule has 2 aromatic rings. The third-order valence-electron chi connectivity index (χ3n) is 8.93. The number of rotatable bonds is 4. The van der Waals surface area contributed by atoms with E-state index in [1.165, 1.54) is 30.4 Å². The number of benzene rings is 1. The van der Waals surface area contributed by atoms with Gasteiger partial charge in [0.1, 0.15) is 12.2 Å². The number of hydrogen-bond donors (Lipinski definition) is 1. The van der Waals surface area contributed by atoms with Crippen molar-refractivity contribution in [2.24, 2.45) is 5.41 Å². The number of ketones is 2. The zero-order chi connectivity index (χ0) is 26.3. The van der Waals surface area contributed by atoms with E-state index in [-0.39, 0.29) is 41.5 Å². The lowest BCUT2D eigenvalue weighted by atomic mass is 9.94. The van der Waals surface area contributed by atoms with E-state index < -0.39 is 0 Å². The highest BCUT2D eigenvalue weighted by Crippen LogP contribution is 2.59. The predicted molar refractivity (Wildman–Crippen MR) is 145 cm³/mol. The van der Waals surface area contributed by atoms with Crippen molar-refractivity contribution >= 4 is 28.4 Å². The van der Waals surface area contributed by atoms with Gasteiger partial charge in [0, 0.05) is 36.7 Å². The summed E-state index contributed by atoms with van der Waals surface area (Å²) in [5, 5.41) is 9.21. The van der Waals surface area contributed by atoms with Gasteiger partial charge in [0.2, 0.25) is 5.91 Å². The van der Waals surface area contributed by atoms with Crippen LogP contribution in [0.1, 0.15) is 107 Å². The van der Waals surface area contributed by atoms with E-state index in [1.807, 2.05) is 11.8 Å². The highest BCUT2D eigenvalue weighted by atomic mass is 16.2. The number of piperidine rings is 1. The van der Waals surface area contributed by atoms with Gasteiger partial charge in [-0.05, 0) is 61.8 Å². The van der Waals surface area contributed by atoms with E-state index in [1.54, 1.807) is 11.6 Å². The highest BCUT2D eigenvalue weighted by Gasteiger charge is 2.66. The van der Waals surface area contributed by atoms with E-state index in [2.05, 4.69) is 31.3 Å². The number of Topliss-reactive ketones (excluding diaryl/α,β-unsaturated/α-hetero) is 2. The van der Waals surface area contributed by atoms with Crippen LogP contribution in [0.25, 0.3) is 10.9 Å². The van der Waals surface area contributed by atoms with Crippen molar-refractivity contribution in [1.29, 1.82) is 0 Å². The third kappa shape index (κ3) is 4.87. The Morgan fingerprint density at radius 3 is 2.62 bits per heavy atom. The number of amides is 1. The average molecular weight is 507 g/mol. The highest BCUT2D eigenvalue weighted by molar-refractivity contribution is 6.06. The summed E-state index contributed by atoms with van der Waals surface area (Å²) in [7, 11) is 0. The van der Waals surface area contributed by atoms with Gasteiger partial charge in [-0.25, -0.2) is 0 Å². The zero-order valence-corrected chi connectivity index (χ0v) is 22.9. The lowest BCUT2D eigenvalue weighted by Crippen LogP contribution is -2.44. The molecule has 2 fully saturated rings. The number of hydrogen-bond acceptors (Lipinski definition) is 5. The molecule has 7 nitrogen and oxygen atoms in total. The molecule has 7 heteroatoms. The molecule has 1 amide bonds. The normalized spacial score (nSPS) is 26.8. The van der Waals surface area contributed by atoms with Crippen LogP contribution in [-0.4, -0.2) is 57.3 Å². The Morgan fingerprint density at radius 1 is 1.14 bits per heavy atom. The fraction of sp³-hybridized carbons (Fsp3) is 0.667. The molecule has 1 saturated heterocycles. The number of carbonyl (C=O) groups is 3. The second-order valence-corrected chi connectivity index (χ2v) is 11.9. The van der Waals surface area contributed by atoms with Gasteiger partial charge < -0.3 is 10.2 Å². The Balaban J connectivity index is 1.57. The topological polar surface area (TPSA) is 84.3 Å². The molecule has 1 aliphatic carbocycles. The summed E-state index contributed by atoms with van der Waals surface area (Å²) in [6.07, 6.45) is 8.86. The predicted octanol–water partition coefficient (Wildman–Crippen LogP) is 4.80. The van der Waals surface area contributed by atoms with Gasteiger partial charge in [0.25, 0.3) is 0 Å². The van der Waals surface area contributed by atoms with Gasteiger partial charge >= 0.3 is 0 Å². The van der Waals surface area contributed by atoms with Crippen molar-refractivity contribution in [2.45, 2.75) is 110 Å². The molecule has 2 bridgehead atoms. The molecule has 0 spiro atoms. The largest absolute Gasteiger partial charge is 0.327 e. The minimum atomic E-state index is -0.349. The fourth-order valence-electron chi connectivity index (χ4n) is 6.72. The van der Waals surface area contributed by atoms with Crippen molar-refractivity contribution in [3.05, 3.63) is 29.0 Å². The van der Waals surface area contributed by atoms with Crippen LogP contribution < -0.4 is 5.32 Å². The van der Waals surface area contributed by atoms with Crippen LogP contribution in [0.15, 0.2) is 12.1 Å². The van der Waals surface area contributed by atoms with Crippen molar-refractivity contribution in [3.8, 4) is 0 Å². The Kier molecular flexibility index (Phi) is 7.27. The summed E-state index contributed by atoms with van der Waals surface area (Å²) in [5.74, 6) is 0.332. The molecule has 3 atom stereocenters. The number of aryl methyl sites for hydroxylation is 1. The Bertz CT molecular complexity index is 1220. The number of nitrogens with one attached hydrogen (secondary N) is 1. The van der Waals surface area contributed by atoms with Crippen molar-refractivity contribution in [1.82, 2.24) is 20.0 Å². The molecule has 5 rings (SSSR count). The quantitative estimate of drug-likeness (QED) is 0.603. The van der Waals surface area contributed by atoms with E-state index in [0.717, 1.165) is 56.1 Å². The summed E-state index contributed by atoms with van der Waals surface area (Å²) in [6, 6.07) is 4.11. The molecule has 2 aliphatic heterocycles. The van der Waals surface area contributed by atoms with Crippen molar-refractivity contribution < 1.29 is 14.4 Å². The molecule has 1 saturated carbocycles. The Morgan fingerprint density at radius 2 is 1.89 bits per heavy atom. The number of aromatic nitrogens is 2. The maximum absolute atomic E-state index is 13.9. The van der Waals surface area contributed by atoms with Gasteiger partial charge in [0.05, 0.1) is 11.6 Å². The summed E-state index contributed by atoms with van der Waals surface area (Å²) in [6.45, 7) is 9.70. The SMILES string of the molecule is CCC(=O)[C@@H]1C[C@]23CNCCCCCCCc4cc(C(C)C)cc5c(C(C)=O)nn(c45)CC(=O)N1[C@@H]2C3. The third-order valence-corrected chi connectivity index (χ3v) is 8.93. The van der Waals surface area contributed by atoms with Crippen LogP contribution in [0.3, 0.4) is 0 Å². The molecule has 0 unspecified atom stereocenters. The van der Waals surface area contributed by atoms with Crippen LogP contribution in [0, 0.1) is 5.41 Å². The lowest BCUT2D eigenvalue weighted by Gasteiger charge is -2.26. The van der Waals surface area contributed by atoms with Gasteiger partial charge in [-0.1, -0.05) is 46.1 Å². The van der Waals surface area contributed by atoms with Crippen LogP contribution >= 0.6 is 0 Å². The van der Waals surface area contributed by atoms with Gasteiger partial charge in [-0.3, -0.25) is 19.1 Å². The molecule has 1 aromatic carbocycles. The number of nitrogens with zero attached hydrogens (tertiary/aromatic N) is 3. The molecular weight excluding hydrogens is 464 g/mol. The minimum Gasteiger partial charge on any atom is -0.327 e. The van der Waals surface area contributed by atoms with Crippen molar-refractivity contribution in [3.63, 3.8) is 0 Å². The zero-order valence-electron chi connectivity index (χ0n) is 22.9. The van der Waals surface area contributed by atoms with Crippen LogP contribution in [-0.2, 0) is 22.6 Å². The molecule has 0 radical (unpaired) electrons.